The summed E-state index contributed by atoms with van der Waals surface area (Å²) >= 11 is 0. The van der Waals surface area contributed by atoms with Gasteiger partial charge in [-0.1, -0.05) is 31.5 Å². The summed E-state index contributed by atoms with van der Waals surface area (Å²) in [4.78, 5) is 0. The predicted molar refractivity (Wildman–Crippen MR) is 66.7 cm³/mol. The third kappa shape index (κ3) is 1.71. The van der Waals surface area contributed by atoms with Crippen molar-refractivity contribution < 1.29 is 4.74 Å². The Hall–Kier alpha value is -1.02. The maximum Gasteiger partial charge on any atom is 0.122 e. The van der Waals surface area contributed by atoms with Crippen LogP contribution < -0.4 is 10.5 Å². The maximum absolute atomic E-state index is 5.99. The zero-order chi connectivity index (χ0) is 11.6. The molecule has 2 heteroatoms. The molecule has 0 bridgehead atoms. The summed E-state index contributed by atoms with van der Waals surface area (Å²) in [5.41, 5.74) is 7.46. The lowest BCUT2D eigenvalue weighted by Gasteiger charge is -2.48. The summed E-state index contributed by atoms with van der Waals surface area (Å²) in [5, 5.41) is 0. The molecule has 2 nitrogen and oxygen atoms in total. The Labute approximate surface area is 97.8 Å². The molecule has 16 heavy (non-hydrogen) atoms. The second-order valence-corrected chi connectivity index (χ2v) is 4.87. The van der Waals surface area contributed by atoms with Gasteiger partial charge in [0.25, 0.3) is 0 Å². The lowest BCUT2D eigenvalue weighted by atomic mass is 9.58. The van der Waals surface area contributed by atoms with Gasteiger partial charge < -0.3 is 10.5 Å². The van der Waals surface area contributed by atoms with Crippen molar-refractivity contribution in [3.05, 3.63) is 29.8 Å². The number of rotatable bonds is 4. The number of para-hydroxylation sites is 1. The van der Waals surface area contributed by atoms with E-state index in [1.54, 1.807) is 7.11 Å². The van der Waals surface area contributed by atoms with E-state index >= 15 is 0 Å². The van der Waals surface area contributed by atoms with Crippen LogP contribution in [0.4, 0.5) is 0 Å². The van der Waals surface area contributed by atoms with Crippen molar-refractivity contribution in [1.29, 1.82) is 0 Å². The molecule has 0 spiro atoms. The van der Waals surface area contributed by atoms with Crippen molar-refractivity contribution in [2.24, 2.45) is 11.7 Å². The van der Waals surface area contributed by atoms with Crippen molar-refractivity contribution in [2.45, 2.75) is 31.6 Å². The van der Waals surface area contributed by atoms with Crippen LogP contribution in [0.15, 0.2) is 24.3 Å². The highest BCUT2D eigenvalue weighted by Gasteiger charge is 2.44. The molecular weight excluding hydrogens is 198 g/mol. The van der Waals surface area contributed by atoms with Gasteiger partial charge in [-0.25, -0.2) is 0 Å². The van der Waals surface area contributed by atoms with Gasteiger partial charge in [-0.3, -0.25) is 0 Å². The Morgan fingerprint density at radius 1 is 1.38 bits per heavy atom. The first-order chi connectivity index (χ1) is 7.75. The summed E-state index contributed by atoms with van der Waals surface area (Å²) in [6, 6.07) is 8.29. The Kier molecular flexibility index (Phi) is 3.20. The Bertz CT molecular complexity index is 356. The third-order valence-corrected chi connectivity index (χ3v) is 4.01. The largest absolute Gasteiger partial charge is 0.496 e. The molecule has 0 atom stereocenters. The van der Waals surface area contributed by atoms with Gasteiger partial charge in [0, 0.05) is 17.5 Å². The predicted octanol–water partition coefficient (Wildman–Crippen LogP) is 2.71. The molecule has 1 aliphatic rings. The lowest BCUT2D eigenvalue weighted by Crippen LogP contribution is -2.47. The topological polar surface area (TPSA) is 35.2 Å². The molecule has 0 heterocycles. The number of nitrogens with two attached hydrogens (primary N) is 1. The van der Waals surface area contributed by atoms with Crippen molar-refractivity contribution >= 4 is 0 Å². The van der Waals surface area contributed by atoms with E-state index in [0.29, 0.717) is 0 Å². The van der Waals surface area contributed by atoms with E-state index in [-0.39, 0.29) is 5.41 Å². The quantitative estimate of drug-likeness (QED) is 0.845. The van der Waals surface area contributed by atoms with Gasteiger partial charge in [0.15, 0.2) is 0 Å². The Morgan fingerprint density at radius 3 is 2.62 bits per heavy atom. The average molecular weight is 219 g/mol. The molecule has 0 radical (unpaired) electrons. The van der Waals surface area contributed by atoms with E-state index in [0.717, 1.165) is 18.2 Å². The first-order valence-electron chi connectivity index (χ1n) is 6.09. The Balaban J connectivity index is 2.28. The number of methoxy groups -OCH3 is 1. The zero-order valence-electron chi connectivity index (χ0n) is 10.2. The van der Waals surface area contributed by atoms with Crippen molar-refractivity contribution in [2.75, 3.05) is 13.7 Å². The number of benzene rings is 1. The van der Waals surface area contributed by atoms with Crippen LogP contribution in [0.2, 0.25) is 0 Å². The van der Waals surface area contributed by atoms with E-state index in [1.165, 1.54) is 24.8 Å². The van der Waals surface area contributed by atoms with Gasteiger partial charge in [-0.05, 0) is 24.8 Å². The molecule has 1 fully saturated rings. The highest BCUT2D eigenvalue weighted by atomic mass is 16.5. The standard InChI is InChI=1S/C14H21NO/c1-3-11-8-14(9-11,10-15)12-6-4-5-7-13(12)16-2/h4-7,11H,3,8-10,15H2,1-2H3. The molecule has 0 unspecified atom stereocenters. The summed E-state index contributed by atoms with van der Waals surface area (Å²) in [6.07, 6.45) is 3.68. The minimum absolute atomic E-state index is 0.174. The summed E-state index contributed by atoms with van der Waals surface area (Å²) in [6.45, 7) is 2.98. The second kappa shape index (κ2) is 4.46. The first kappa shape index (κ1) is 11.5. The van der Waals surface area contributed by atoms with Crippen LogP contribution in [0, 0.1) is 5.92 Å². The van der Waals surface area contributed by atoms with E-state index in [4.69, 9.17) is 10.5 Å². The SMILES string of the molecule is CCC1CC(CN)(c2ccccc2OC)C1. The summed E-state index contributed by atoms with van der Waals surface area (Å²) in [5.74, 6) is 1.83. The van der Waals surface area contributed by atoms with Crippen LogP contribution in [0.5, 0.6) is 5.75 Å². The highest BCUT2D eigenvalue weighted by molar-refractivity contribution is 5.41. The number of hydrogen-bond acceptors (Lipinski definition) is 2. The lowest BCUT2D eigenvalue weighted by molar-refractivity contribution is 0.141. The van der Waals surface area contributed by atoms with Crippen LogP contribution in [-0.2, 0) is 5.41 Å². The van der Waals surface area contributed by atoms with Crippen LogP contribution in [0.3, 0.4) is 0 Å². The van der Waals surface area contributed by atoms with Gasteiger partial charge in [-0.2, -0.15) is 0 Å². The average Bonchev–Trinajstić information content (AvgIpc) is 2.29. The van der Waals surface area contributed by atoms with Crippen molar-refractivity contribution in [3.8, 4) is 5.75 Å². The molecule has 0 saturated heterocycles. The molecule has 88 valence electrons. The molecule has 0 amide bonds. The number of ether oxygens (including phenoxy) is 1. The highest BCUT2D eigenvalue weighted by Crippen LogP contribution is 2.50. The molecule has 1 aromatic carbocycles. The van der Waals surface area contributed by atoms with Crippen LogP contribution in [-0.4, -0.2) is 13.7 Å². The van der Waals surface area contributed by atoms with E-state index in [1.807, 2.05) is 12.1 Å². The van der Waals surface area contributed by atoms with Gasteiger partial charge in [0.05, 0.1) is 7.11 Å². The van der Waals surface area contributed by atoms with Crippen molar-refractivity contribution in [3.63, 3.8) is 0 Å². The molecule has 0 aromatic heterocycles. The number of hydrogen-bond donors (Lipinski definition) is 1. The molecule has 1 saturated carbocycles. The fraction of sp³-hybridized carbons (Fsp3) is 0.571. The van der Waals surface area contributed by atoms with Gasteiger partial charge in [0.1, 0.15) is 5.75 Å². The molecule has 1 aliphatic carbocycles. The fourth-order valence-electron chi connectivity index (χ4n) is 2.91. The molecule has 2 N–H and O–H groups in total. The van der Waals surface area contributed by atoms with Crippen LogP contribution >= 0.6 is 0 Å². The smallest absolute Gasteiger partial charge is 0.122 e. The summed E-state index contributed by atoms with van der Waals surface area (Å²) < 4.78 is 5.44. The van der Waals surface area contributed by atoms with Gasteiger partial charge in [-0.15, -0.1) is 0 Å². The molecule has 1 aromatic rings. The zero-order valence-corrected chi connectivity index (χ0v) is 10.2. The van der Waals surface area contributed by atoms with Gasteiger partial charge in [0.2, 0.25) is 0 Å². The maximum atomic E-state index is 5.99. The third-order valence-electron chi connectivity index (χ3n) is 4.01. The minimum atomic E-state index is 0.174. The van der Waals surface area contributed by atoms with Crippen molar-refractivity contribution in [1.82, 2.24) is 0 Å². The molecular formula is C14H21NO. The molecule has 0 aliphatic heterocycles. The first-order valence-corrected chi connectivity index (χ1v) is 6.09. The fourth-order valence-corrected chi connectivity index (χ4v) is 2.91. The van der Waals surface area contributed by atoms with Crippen LogP contribution in [0.1, 0.15) is 31.7 Å². The van der Waals surface area contributed by atoms with E-state index in [9.17, 15) is 0 Å². The van der Waals surface area contributed by atoms with E-state index in [2.05, 4.69) is 19.1 Å². The summed E-state index contributed by atoms with van der Waals surface area (Å²) in [7, 11) is 1.74. The minimum Gasteiger partial charge on any atom is -0.496 e. The van der Waals surface area contributed by atoms with Crippen LogP contribution in [0.25, 0.3) is 0 Å². The van der Waals surface area contributed by atoms with E-state index < -0.39 is 0 Å². The normalized spacial score (nSPS) is 28.6. The molecule has 2 rings (SSSR count). The monoisotopic (exact) mass is 219 g/mol. The second-order valence-electron chi connectivity index (χ2n) is 4.87. The Morgan fingerprint density at radius 2 is 2.06 bits per heavy atom. The van der Waals surface area contributed by atoms with Gasteiger partial charge >= 0.3 is 0 Å².